The van der Waals surface area contributed by atoms with Gasteiger partial charge in [0.25, 0.3) is 0 Å². The zero-order valence-corrected chi connectivity index (χ0v) is 23.4. The van der Waals surface area contributed by atoms with Crippen LogP contribution in [0.2, 0.25) is 0 Å². The molecule has 0 unspecified atom stereocenters. The molecule has 1 aromatic rings. The second-order valence-electron chi connectivity index (χ2n) is 11.9. The molecule has 0 radical (unpaired) electrons. The lowest BCUT2D eigenvalue weighted by Gasteiger charge is -2.42. The summed E-state index contributed by atoms with van der Waals surface area (Å²) in [6, 6.07) is 4.76. The summed E-state index contributed by atoms with van der Waals surface area (Å²) in [6.07, 6.45) is -0.538. The number of halogens is 3. The molecule has 0 heterocycles. The average molecular weight is 533 g/mol. The van der Waals surface area contributed by atoms with E-state index < -0.39 is 43.0 Å². The standard InChI is InChI=1S/C28H44F3O4P/c1-17(2)21-13-11-19(5)15-25(21)34-36(33,35-26-16-20(6)12-14-22(26)18(3)4)27(32)23-9-7-8-10-24(23)28(29,30)31/h7-10,17-22,25-27,32H,11-16H2,1-6H3/t19-,20-,21-,22-,25-,26-,27-/m1/s1. The minimum Gasteiger partial charge on any atom is -0.376 e. The zero-order chi connectivity index (χ0) is 26.8. The van der Waals surface area contributed by atoms with Gasteiger partial charge in [-0.1, -0.05) is 72.6 Å². The molecule has 2 aliphatic carbocycles. The monoisotopic (exact) mass is 532 g/mol. The molecule has 0 amide bonds. The molecule has 2 saturated carbocycles. The van der Waals surface area contributed by atoms with Crippen molar-refractivity contribution in [3.63, 3.8) is 0 Å². The van der Waals surface area contributed by atoms with Crippen LogP contribution in [-0.4, -0.2) is 17.3 Å². The fourth-order valence-corrected chi connectivity index (χ4v) is 8.23. The van der Waals surface area contributed by atoms with E-state index in [1.807, 2.05) is 0 Å². The smallest absolute Gasteiger partial charge is 0.376 e. The Bertz CT molecular complexity index is 865. The van der Waals surface area contributed by atoms with Crippen molar-refractivity contribution in [2.45, 2.75) is 104 Å². The number of alkyl halides is 3. The first-order valence-corrected chi connectivity index (χ1v) is 15.1. The molecule has 4 nitrogen and oxygen atoms in total. The fraction of sp³-hybridized carbons (Fsp3) is 0.786. The van der Waals surface area contributed by atoms with Crippen LogP contribution < -0.4 is 0 Å². The first kappa shape index (κ1) is 29.7. The van der Waals surface area contributed by atoms with Crippen LogP contribution in [-0.2, 0) is 19.8 Å². The Morgan fingerprint density at radius 3 is 1.72 bits per heavy atom. The van der Waals surface area contributed by atoms with Crippen LogP contribution in [0.3, 0.4) is 0 Å². The van der Waals surface area contributed by atoms with Crippen LogP contribution in [0.25, 0.3) is 0 Å². The van der Waals surface area contributed by atoms with Gasteiger partial charge in [0.1, 0.15) is 0 Å². The van der Waals surface area contributed by atoms with Crippen molar-refractivity contribution < 1.29 is 31.9 Å². The van der Waals surface area contributed by atoms with E-state index in [4.69, 9.17) is 9.05 Å². The van der Waals surface area contributed by atoms with Crippen molar-refractivity contribution in [3.05, 3.63) is 35.4 Å². The van der Waals surface area contributed by atoms with Gasteiger partial charge in [-0.15, -0.1) is 0 Å². The van der Waals surface area contributed by atoms with Gasteiger partial charge in [0, 0.05) is 5.56 Å². The van der Waals surface area contributed by atoms with E-state index in [-0.39, 0.29) is 23.7 Å². The van der Waals surface area contributed by atoms with Crippen LogP contribution in [0, 0.1) is 35.5 Å². The molecule has 0 spiro atoms. The second-order valence-corrected chi connectivity index (χ2v) is 13.9. The molecular weight excluding hydrogens is 488 g/mol. The van der Waals surface area contributed by atoms with E-state index in [2.05, 4.69) is 41.5 Å². The van der Waals surface area contributed by atoms with Gasteiger partial charge >= 0.3 is 13.8 Å². The SMILES string of the molecule is CC(C)[C@H]1CC[C@@H](C)C[C@H]1OP(=O)(O[C@@H]1C[C@H](C)CC[C@@H]1C(C)C)[C@@H](O)c1ccccc1C(F)(F)F. The van der Waals surface area contributed by atoms with Gasteiger partial charge in [-0.25, -0.2) is 0 Å². The summed E-state index contributed by atoms with van der Waals surface area (Å²) in [4.78, 5) is 0. The van der Waals surface area contributed by atoms with Crippen LogP contribution in [0.4, 0.5) is 13.2 Å². The molecular formula is C28H44F3O4P. The third-order valence-electron chi connectivity index (χ3n) is 8.33. The first-order valence-electron chi connectivity index (χ1n) is 13.5. The number of rotatable bonds is 8. The molecule has 0 aromatic heterocycles. The maximum Gasteiger partial charge on any atom is 0.416 e. The minimum absolute atomic E-state index is 0.0920. The van der Waals surface area contributed by atoms with E-state index in [0.717, 1.165) is 31.7 Å². The van der Waals surface area contributed by atoms with Crippen molar-refractivity contribution in [2.75, 3.05) is 0 Å². The lowest BCUT2D eigenvalue weighted by atomic mass is 9.75. The van der Waals surface area contributed by atoms with Crippen LogP contribution in [0.5, 0.6) is 0 Å². The number of hydrogen-bond donors (Lipinski definition) is 1. The van der Waals surface area contributed by atoms with Crippen molar-refractivity contribution in [2.24, 2.45) is 35.5 Å². The van der Waals surface area contributed by atoms with E-state index in [1.165, 1.54) is 18.2 Å². The van der Waals surface area contributed by atoms with Crippen molar-refractivity contribution >= 4 is 7.60 Å². The van der Waals surface area contributed by atoms with Gasteiger partial charge in [0.05, 0.1) is 17.8 Å². The number of aliphatic hydroxyl groups excluding tert-OH is 1. The minimum atomic E-state index is -4.71. The molecule has 7 atom stereocenters. The van der Waals surface area contributed by atoms with E-state index in [9.17, 15) is 22.8 Å². The fourth-order valence-electron chi connectivity index (χ4n) is 6.14. The van der Waals surface area contributed by atoms with Crippen LogP contribution in [0.1, 0.15) is 97.0 Å². The van der Waals surface area contributed by atoms with Gasteiger partial charge in [-0.2, -0.15) is 13.2 Å². The maximum atomic E-state index is 14.6. The van der Waals surface area contributed by atoms with Crippen LogP contribution >= 0.6 is 7.60 Å². The number of benzene rings is 1. The molecule has 36 heavy (non-hydrogen) atoms. The zero-order valence-electron chi connectivity index (χ0n) is 22.5. The molecule has 0 aliphatic heterocycles. The van der Waals surface area contributed by atoms with E-state index >= 15 is 0 Å². The van der Waals surface area contributed by atoms with E-state index in [0.29, 0.717) is 24.7 Å². The largest absolute Gasteiger partial charge is 0.416 e. The normalized spacial score (nSPS) is 31.1. The lowest BCUT2D eigenvalue weighted by molar-refractivity contribution is -0.138. The highest BCUT2D eigenvalue weighted by Gasteiger charge is 2.48. The second kappa shape index (κ2) is 11.9. The lowest BCUT2D eigenvalue weighted by Crippen LogP contribution is -2.37. The number of hydrogen-bond acceptors (Lipinski definition) is 4. The topological polar surface area (TPSA) is 55.8 Å². The Balaban J connectivity index is 2.04. The Kier molecular flexibility index (Phi) is 9.80. The molecule has 206 valence electrons. The molecule has 1 aromatic carbocycles. The molecule has 2 aliphatic rings. The van der Waals surface area contributed by atoms with Gasteiger partial charge in [-0.3, -0.25) is 4.57 Å². The summed E-state index contributed by atoms with van der Waals surface area (Å²) in [5.41, 5.74) is -1.47. The Morgan fingerprint density at radius 2 is 1.31 bits per heavy atom. The highest BCUT2D eigenvalue weighted by molar-refractivity contribution is 7.54. The van der Waals surface area contributed by atoms with Gasteiger partial charge in [0.15, 0.2) is 5.85 Å². The third kappa shape index (κ3) is 6.95. The molecule has 1 N–H and O–H groups in total. The van der Waals surface area contributed by atoms with Crippen LogP contribution in [0.15, 0.2) is 24.3 Å². The summed E-state index contributed by atoms with van der Waals surface area (Å²) in [7, 11) is -4.42. The van der Waals surface area contributed by atoms with Gasteiger partial charge < -0.3 is 14.2 Å². The predicted octanol–water partition coefficient (Wildman–Crippen LogP) is 8.84. The summed E-state index contributed by atoms with van der Waals surface area (Å²) >= 11 is 0. The Hall–Kier alpha value is -0.880. The van der Waals surface area contributed by atoms with Crippen molar-refractivity contribution in [1.82, 2.24) is 0 Å². The summed E-state index contributed by atoms with van der Waals surface area (Å²) in [5, 5.41) is 11.4. The third-order valence-corrected chi connectivity index (χ3v) is 10.3. The van der Waals surface area contributed by atoms with E-state index in [1.54, 1.807) is 0 Å². The summed E-state index contributed by atoms with van der Waals surface area (Å²) < 4.78 is 68.8. The maximum absolute atomic E-state index is 14.6. The molecule has 8 heteroatoms. The predicted molar refractivity (Wildman–Crippen MR) is 136 cm³/mol. The molecule has 0 bridgehead atoms. The highest BCUT2D eigenvalue weighted by atomic mass is 31.2. The molecule has 0 saturated heterocycles. The quantitative estimate of drug-likeness (QED) is 0.340. The molecule has 3 rings (SSSR count). The van der Waals surface area contributed by atoms with Crippen molar-refractivity contribution in [3.8, 4) is 0 Å². The summed E-state index contributed by atoms with van der Waals surface area (Å²) in [5.74, 6) is -0.691. The first-order chi connectivity index (χ1) is 16.7. The summed E-state index contributed by atoms with van der Waals surface area (Å²) in [6.45, 7) is 12.5. The number of aliphatic hydroxyl groups is 1. The highest BCUT2D eigenvalue weighted by Crippen LogP contribution is 2.65. The van der Waals surface area contributed by atoms with Gasteiger partial charge in [0.2, 0.25) is 0 Å². The molecule has 2 fully saturated rings. The van der Waals surface area contributed by atoms with Crippen molar-refractivity contribution in [1.29, 1.82) is 0 Å². The average Bonchev–Trinajstić information content (AvgIpc) is 2.77. The Labute approximate surface area is 214 Å². The van der Waals surface area contributed by atoms with Gasteiger partial charge in [-0.05, 0) is 67.3 Å². The Morgan fingerprint density at radius 1 is 0.861 bits per heavy atom.